The normalized spacial score (nSPS) is 14.6. The van der Waals surface area contributed by atoms with Gasteiger partial charge in [-0.25, -0.2) is 4.98 Å². The van der Waals surface area contributed by atoms with Gasteiger partial charge in [0.1, 0.15) is 5.82 Å². The van der Waals surface area contributed by atoms with Crippen molar-refractivity contribution in [3.05, 3.63) is 59.5 Å². The first kappa shape index (κ1) is 16.2. The summed E-state index contributed by atoms with van der Waals surface area (Å²) in [4.78, 5) is 13.6. The summed E-state index contributed by atoms with van der Waals surface area (Å²) >= 11 is 3.51. The number of hydrogen-bond donors (Lipinski definition) is 1. The number of nitrogens with zero attached hydrogens (tertiary/aromatic N) is 3. The second-order valence-corrected chi connectivity index (χ2v) is 7.27. The van der Waals surface area contributed by atoms with E-state index >= 15 is 0 Å². The molecule has 3 aromatic rings. The van der Waals surface area contributed by atoms with Crippen molar-refractivity contribution in [2.75, 3.05) is 5.32 Å². The fourth-order valence-corrected chi connectivity index (χ4v) is 3.63. The summed E-state index contributed by atoms with van der Waals surface area (Å²) in [5, 5.41) is 3.60. The van der Waals surface area contributed by atoms with E-state index in [9.17, 15) is 0 Å². The molecule has 0 saturated heterocycles. The Morgan fingerprint density at radius 2 is 1.84 bits per heavy atom. The Bertz CT molecular complexity index is 861. The molecule has 0 amide bonds. The number of halogens is 1. The van der Waals surface area contributed by atoms with E-state index in [-0.39, 0.29) is 0 Å². The third-order valence-electron chi connectivity index (χ3n) is 4.50. The lowest BCUT2D eigenvalue weighted by molar-refractivity contribution is 0.751. The Balaban J connectivity index is 1.77. The lowest BCUT2D eigenvalue weighted by atomic mass is 10.1. The lowest BCUT2D eigenvalue weighted by Crippen LogP contribution is -2.15. The highest BCUT2D eigenvalue weighted by molar-refractivity contribution is 9.10. The van der Waals surface area contributed by atoms with Crippen molar-refractivity contribution >= 4 is 21.7 Å². The summed E-state index contributed by atoms with van der Waals surface area (Å²) in [6.07, 6.45) is 10.5. The molecule has 0 radical (unpaired) electrons. The molecule has 1 aliphatic rings. The van der Waals surface area contributed by atoms with Gasteiger partial charge < -0.3 is 5.32 Å². The highest BCUT2D eigenvalue weighted by Gasteiger charge is 2.16. The van der Waals surface area contributed by atoms with Crippen molar-refractivity contribution in [2.24, 2.45) is 0 Å². The molecule has 0 bridgehead atoms. The molecule has 25 heavy (non-hydrogen) atoms. The van der Waals surface area contributed by atoms with Crippen LogP contribution in [0.15, 0.2) is 59.5 Å². The SMILES string of the molecule is Brc1cncc(-c2cc(NC3CCCC3)nc(-c3ccccn3)c2)c1. The molecule has 3 heterocycles. The molecule has 4 nitrogen and oxygen atoms in total. The predicted octanol–water partition coefficient (Wildman–Crippen LogP) is 5.32. The first-order chi connectivity index (χ1) is 12.3. The standard InChI is InChI=1S/C20H19BrN4/c21-16-9-15(12-22-13-16)14-10-19(18-7-3-4-8-23-18)25-20(11-14)24-17-5-1-2-6-17/h3-4,7-13,17H,1-2,5-6H2,(H,24,25). The molecule has 0 atom stereocenters. The summed E-state index contributed by atoms with van der Waals surface area (Å²) in [5.74, 6) is 0.907. The van der Waals surface area contributed by atoms with Crippen LogP contribution in [-0.4, -0.2) is 21.0 Å². The van der Waals surface area contributed by atoms with Crippen LogP contribution in [0.2, 0.25) is 0 Å². The highest BCUT2D eigenvalue weighted by atomic mass is 79.9. The van der Waals surface area contributed by atoms with Gasteiger partial charge in [-0.15, -0.1) is 0 Å². The Hall–Kier alpha value is -2.27. The van der Waals surface area contributed by atoms with Crippen molar-refractivity contribution in [1.29, 1.82) is 0 Å². The van der Waals surface area contributed by atoms with Gasteiger partial charge in [0.2, 0.25) is 0 Å². The molecule has 1 N–H and O–H groups in total. The van der Waals surface area contributed by atoms with E-state index in [0.29, 0.717) is 6.04 Å². The molecule has 5 heteroatoms. The van der Waals surface area contributed by atoms with Gasteiger partial charge in [0.05, 0.1) is 11.4 Å². The first-order valence-corrected chi connectivity index (χ1v) is 9.38. The molecule has 3 aromatic heterocycles. The highest BCUT2D eigenvalue weighted by Crippen LogP contribution is 2.29. The third-order valence-corrected chi connectivity index (χ3v) is 4.93. The van der Waals surface area contributed by atoms with Gasteiger partial charge in [-0.2, -0.15) is 0 Å². The van der Waals surface area contributed by atoms with Crippen LogP contribution in [0.5, 0.6) is 0 Å². The topological polar surface area (TPSA) is 50.7 Å². The van der Waals surface area contributed by atoms with Crippen LogP contribution in [0.4, 0.5) is 5.82 Å². The Morgan fingerprint density at radius 3 is 2.60 bits per heavy atom. The average molecular weight is 395 g/mol. The lowest BCUT2D eigenvalue weighted by Gasteiger charge is -2.15. The van der Waals surface area contributed by atoms with Gasteiger partial charge in [-0.05, 0) is 64.7 Å². The number of pyridine rings is 3. The minimum Gasteiger partial charge on any atom is -0.367 e. The maximum Gasteiger partial charge on any atom is 0.127 e. The van der Waals surface area contributed by atoms with Crippen LogP contribution < -0.4 is 5.32 Å². The van der Waals surface area contributed by atoms with Crippen molar-refractivity contribution in [3.63, 3.8) is 0 Å². The number of anilines is 1. The third kappa shape index (κ3) is 3.87. The van der Waals surface area contributed by atoms with Crippen molar-refractivity contribution in [2.45, 2.75) is 31.7 Å². The summed E-state index contributed by atoms with van der Waals surface area (Å²) in [6.45, 7) is 0. The molecular weight excluding hydrogens is 376 g/mol. The number of aromatic nitrogens is 3. The maximum atomic E-state index is 4.81. The summed E-state index contributed by atoms with van der Waals surface area (Å²) in [5.41, 5.74) is 3.90. The summed E-state index contributed by atoms with van der Waals surface area (Å²) in [7, 11) is 0. The fraction of sp³-hybridized carbons (Fsp3) is 0.250. The Kier molecular flexibility index (Phi) is 4.74. The molecule has 0 unspecified atom stereocenters. The molecule has 0 aromatic carbocycles. The molecule has 0 spiro atoms. The molecule has 0 aliphatic heterocycles. The van der Waals surface area contributed by atoms with Gasteiger partial charge in [0.25, 0.3) is 0 Å². The molecule has 1 saturated carbocycles. The van der Waals surface area contributed by atoms with E-state index in [4.69, 9.17) is 4.98 Å². The van der Waals surface area contributed by atoms with Gasteiger partial charge in [-0.1, -0.05) is 18.9 Å². The van der Waals surface area contributed by atoms with E-state index in [0.717, 1.165) is 32.8 Å². The zero-order valence-corrected chi connectivity index (χ0v) is 15.4. The van der Waals surface area contributed by atoms with E-state index in [1.807, 2.05) is 24.4 Å². The predicted molar refractivity (Wildman–Crippen MR) is 104 cm³/mol. The van der Waals surface area contributed by atoms with Crippen molar-refractivity contribution < 1.29 is 0 Å². The van der Waals surface area contributed by atoms with Gasteiger partial charge in [0.15, 0.2) is 0 Å². The van der Waals surface area contributed by atoms with Gasteiger partial charge >= 0.3 is 0 Å². The van der Waals surface area contributed by atoms with E-state index in [2.05, 4.69) is 49.4 Å². The molecule has 126 valence electrons. The second-order valence-electron chi connectivity index (χ2n) is 6.36. The van der Waals surface area contributed by atoms with Crippen LogP contribution in [0.1, 0.15) is 25.7 Å². The molecule has 1 aliphatic carbocycles. The molecular formula is C20H19BrN4. The average Bonchev–Trinajstić information content (AvgIpc) is 3.15. The number of rotatable bonds is 4. The van der Waals surface area contributed by atoms with Crippen LogP contribution in [0.25, 0.3) is 22.5 Å². The van der Waals surface area contributed by atoms with E-state index < -0.39 is 0 Å². The Morgan fingerprint density at radius 1 is 0.960 bits per heavy atom. The van der Waals surface area contributed by atoms with Gasteiger partial charge in [0, 0.05) is 34.7 Å². The minimum absolute atomic E-state index is 0.514. The first-order valence-electron chi connectivity index (χ1n) is 8.59. The largest absolute Gasteiger partial charge is 0.367 e. The van der Waals surface area contributed by atoms with Crippen molar-refractivity contribution in [3.8, 4) is 22.5 Å². The number of nitrogens with one attached hydrogen (secondary N) is 1. The van der Waals surface area contributed by atoms with Gasteiger partial charge in [-0.3, -0.25) is 9.97 Å². The minimum atomic E-state index is 0.514. The smallest absolute Gasteiger partial charge is 0.127 e. The molecule has 4 rings (SSSR count). The van der Waals surface area contributed by atoms with E-state index in [1.165, 1.54) is 25.7 Å². The fourth-order valence-electron chi connectivity index (χ4n) is 3.27. The monoisotopic (exact) mass is 394 g/mol. The summed E-state index contributed by atoms with van der Waals surface area (Å²) in [6, 6.07) is 12.7. The maximum absolute atomic E-state index is 4.81. The van der Waals surface area contributed by atoms with Crippen LogP contribution in [-0.2, 0) is 0 Å². The zero-order valence-electron chi connectivity index (χ0n) is 13.8. The quantitative estimate of drug-likeness (QED) is 0.650. The Labute approximate surface area is 155 Å². The van der Waals surface area contributed by atoms with Crippen LogP contribution in [0.3, 0.4) is 0 Å². The zero-order chi connectivity index (χ0) is 17.1. The van der Waals surface area contributed by atoms with Crippen LogP contribution >= 0.6 is 15.9 Å². The van der Waals surface area contributed by atoms with Crippen LogP contribution in [0, 0.1) is 0 Å². The second kappa shape index (κ2) is 7.31. The van der Waals surface area contributed by atoms with Crippen molar-refractivity contribution in [1.82, 2.24) is 15.0 Å². The van der Waals surface area contributed by atoms with E-state index in [1.54, 1.807) is 12.4 Å². The molecule has 1 fully saturated rings. The number of hydrogen-bond acceptors (Lipinski definition) is 4. The summed E-state index contributed by atoms with van der Waals surface area (Å²) < 4.78 is 0.964.